The first-order chi connectivity index (χ1) is 16.7. The van der Waals surface area contributed by atoms with Gasteiger partial charge in [-0.25, -0.2) is 8.78 Å². The van der Waals surface area contributed by atoms with Crippen molar-refractivity contribution in [1.82, 2.24) is 0 Å². The number of ether oxygens (including phenoxy) is 2. The van der Waals surface area contributed by atoms with E-state index in [4.69, 9.17) is 9.47 Å². The van der Waals surface area contributed by atoms with Gasteiger partial charge in [-0.05, 0) is 60.6 Å². The monoisotopic (exact) mass is 472 g/mol. The number of rotatable bonds is 16. The third-order valence-corrected chi connectivity index (χ3v) is 6.80. The van der Waals surface area contributed by atoms with E-state index in [0.29, 0.717) is 30.8 Å². The standard InChI is InChI=1S/C30H42F2O2/c1-3-5-7-9-10-12-13-19-33-24-16-18-25-23(21-24)15-17-26-27(25)22-28(31)30(29(26)32)34-20-14-11-8-6-4-2/h16,18,21-22H,3-15,17,19-20H2,1-2H3. The fourth-order valence-corrected chi connectivity index (χ4v) is 4.77. The van der Waals surface area contributed by atoms with Crippen molar-refractivity contribution in [1.29, 1.82) is 0 Å². The summed E-state index contributed by atoms with van der Waals surface area (Å²) in [6, 6.07) is 7.35. The van der Waals surface area contributed by atoms with Gasteiger partial charge in [0.25, 0.3) is 0 Å². The van der Waals surface area contributed by atoms with Gasteiger partial charge in [-0.15, -0.1) is 0 Å². The molecule has 1 aliphatic carbocycles. The van der Waals surface area contributed by atoms with E-state index < -0.39 is 11.6 Å². The van der Waals surface area contributed by atoms with Gasteiger partial charge in [0.2, 0.25) is 0 Å². The van der Waals surface area contributed by atoms with Gasteiger partial charge in [0.05, 0.1) is 13.2 Å². The first kappa shape index (κ1) is 26.5. The van der Waals surface area contributed by atoms with Crippen molar-refractivity contribution in [2.45, 2.75) is 104 Å². The molecule has 0 amide bonds. The largest absolute Gasteiger partial charge is 0.494 e. The first-order valence-electron chi connectivity index (χ1n) is 13.6. The lowest BCUT2D eigenvalue weighted by atomic mass is 9.85. The van der Waals surface area contributed by atoms with Gasteiger partial charge in [-0.3, -0.25) is 0 Å². The van der Waals surface area contributed by atoms with Crippen molar-refractivity contribution in [2.24, 2.45) is 0 Å². The average molecular weight is 473 g/mol. The van der Waals surface area contributed by atoms with Gasteiger partial charge in [-0.2, -0.15) is 0 Å². The highest BCUT2D eigenvalue weighted by Crippen LogP contribution is 2.40. The second-order valence-electron chi connectivity index (χ2n) is 9.58. The molecule has 3 rings (SSSR count). The van der Waals surface area contributed by atoms with Gasteiger partial charge in [0.15, 0.2) is 17.4 Å². The van der Waals surface area contributed by atoms with Crippen molar-refractivity contribution in [3.8, 4) is 22.6 Å². The van der Waals surface area contributed by atoms with Crippen LogP contribution < -0.4 is 9.47 Å². The minimum Gasteiger partial charge on any atom is -0.494 e. The van der Waals surface area contributed by atoms with Crippen molar-refractivity contribution in [3.05, 3.63) is 47.0 Å². The molecule has 0 radical (unpaired) electrons. The Bertz CT molecular complexity index is 894. The minimum atomic E-state index is -0.614. The molecule has 0 saturated heterocycles. The molecular formula is C30H42F2O2. The van der Waals surface area contributed by atoms with Crippen LogP contribution in [0.2, 0.25) is 0 Å². The molecule has 0 bridgehead atoms. The van der Waals surface area contributed by atoms with Crippen LogP contribution >= 0.6 is 0 Å². The van der Waals surface area contributed by atoms with Crippen molar-refractivity contribution >= 4 is 0 Å². The number of hydrogen-bond acceptors (Lipinski definition) is 2. The van der Waals surface area contributed by atoms with Crippen LogP contribution in [0.1, 0.15) is 102 Å². The van der Waals surface area contributed by atoms with E-state index in [1.54, 1.807) is 0 Å². The molecule has 1 aliphatic rings. The number of hydrogen-bond donors (Lipinski definition) is 0. The highest BCUT2D eigenvalue weighted by Gasteiger charge is 2.25. The zero-order chi connectivity index (χ0) is 24.2. The van der Waals surface area contributed by atoms with Crippen molar-refractivity contribution in [2.75, 3.05) is 13.2 Å². The maximum Gasteiger partial charge on any atom is 0.191 e. The molecule has 34 heavy (non-hydrogen) atoms. The lowest BCUT2D eigenvalue weighted by Gasteiger charge is -2.23. The van der Waals surface area contributed by atoms with Gasteiger partial charge < -0.3 is 9.47 Å². The molecule has 2 aromatic carbocycles. The Kier molecular flexibility index (Phi) is 11.2. The minimum absolute atomic E-state index is 0.215. The van der Waals surface area contributed by atoms with Crippen LogP contribution in [0.15, 0.2) is 24.3 Å². The summed E-state index contributed by atoms with van der Waals surface area (Å²) in [6.45, 7) is 5.47. The molecule has 0 saturated carbocycles. The molecule has 0 N–H and O–H groups in total. The van der Waals surface area contributed by atoms with Gasteiger partial charge in [-0.1, -0.05) is 84.1 Å². The smallest absolute Gasteiger partial charge is 0.191 e. The Morgan fingerprint density at radius 1 is 0.676 bits per heavy atom. The lowest BCUT2D eigenvalue weighted by Crippen LogP contribution is -2.11. The molecular weight excluding hydrogens is 430 g/mol. The molecule has 188 valence electrons. The van der Waals surface area contributed by atoms with Gasteiger partial charge >= 0.3 is 0 Å². The Hall–Kier alpha value is -2.10. The molecule has 0 fully saturated rings. The normalized spacial score (nSPS) is 12.4. The number of halogens is 2. The molecule has 4 heteroatoms. The van der Waals surface area contributed by atoms with Crippen LogP contribution in [-0.2, 0) is 12.8 Å². The SMILES string of the molecule is CCCCCCCCCOc1ccc2c(c1)CCc1c-2cc(F)c(OCCCCCCC)c1F. The van der Waals surface area contributed by atoms with Crippen LogP contribution in [0, 0.1) is 11.6 Å². The molecule has 0 heterocycles. The van der Waals surface area contributed by atoms with E-state index in [-0.39, 0.29) is 5.75 Å². The quantitative estimate of drug-likeness (QED) is 0.227. The summed E-state index contributed by atoms with van der Waals surface area (Å²) < 4.78 is 41.5. The molecule has 2 aromatic rings. The Balaban J connectivity index is 1.56. The second-order valence-corrected chi connectivity index (χ2v) is 9.58. The van der Waals surface area contributed by atoms with Crippen LogP contribution in [0.3, 0.4) is 0 Å². The van der Waals surface area contributed by atoms with Gasteiger partial charge in [0.1, 0.15) is 5.75 Å². The molecule has 0 unspecified atom stereocenters. The summed E-state index contributed by atoms with van der Waals surface area (Å²) in [5.41, 5.74) is 3.19. The topological polar surface area (TPSA) is 18.5 Å². The number of unbranched alkanes of at least 4 members (excludes halogenated alkanes) is 10. The van der Waals surface area contributed by atoms with Gasteiger partial charge in [0, 0.05) is 5.56 Å². The highest BCUT2D eigenvalue weighted by atomic mass is 19.1. The zero-order valence-corrected chi connectivity index (χ0v) is 21.2. The third-order valence-electron chi connectivity index (χ3n) is 6.80. The van der Waals surface area contributed by atoms with Crippen LogP contribution in [0.5, 0.6) is 11.5 Å². The second kappa shape index (κ2) is 14.3. The van der Waals surface area contributed by atoms with Crippen molar-refractivity contribution < 1.29 is 18.3 Å². The number of fused-ring (bicyclic) bond motifs is 3. The third kappa shape index (κ3) is 7.45. The molecule has 0 aliphatic heterocycles. The van der Waals surface area contributed by atoms with E-state index >= 15 is 4.39 Å². The fraction of sp³-hybridized carbons (Fsp3) is 0.600. The summed E-state index contributed by atoms with van der Waals surface area (Å²) in [4.78, 5) is 0. The zero-order valence-electron chi connectivity index (χ0n) is 21.2. The maximum atomic E-state index is 15.2. The summed E-state index contributed by atoms with van der Waals surface area (Å²) in [7, 11) is 0. The average Bonchev–Trinajstić information content (AvgIpc) is 2.84. The van der Waals surface area contributed by atoms with E-state index in [9.17, 15) is 4.39 Å². The summed E-state index contributed by atoms with van der Waals surface area (Å²) in [5, 5.41) is 0. The summed E-state index contributed by atoms with van der Waals surface area (Å²) in [6.07, 6.45) is 15.4. The molecule has 2 nitrogen and oxygen atoms in total. The Morgan fingerprint density at radius 2 is 1.29 bits per heavy atom. The Morgan fingerprint density at radius 3 is 1.97 bits per heavy atom. The fourth-order valence-electron chi connectivity index (χ4n) is 4.77. The summed E-state index contributed by atoms with van der Waals surface area (Å²) in [5.74, 6) is -0.519. The number of aryl methyl sites for hydroxylation is 1. The van der Waals surface area contributed by atoms with E-state index in [0.717, 1.165) is 49.0 Å². The lowest BCUT2D eigenvalue weighted by molar-refractivity contribution is 0.274. The summed E-state index contributed by atoms with van der Waals surface area (Å²) >= 11 is 0. The predicted octanol–water partition coefficient (Wildman–Crippen LogP) is 9.21. The Labute approximate surface area is 205 Å². The molecule has 0 aromatic heterocycles. The van der Waals surface area contributed by atoms with Crippen LogP contribution in [0.25, 0.3) is 11.1 Å². The van der Waals surface area contributed by atoms with Crippen LogP contribution in [-0.4, -0.2) is 13.2 Å². The molecule has 0 atom stereocenters. The number of benzene rings is 2. The van der Waals surface area contributed by atoms with Crippen molar-refractivity contribution in [3.63, 3.8) is 0 Å². The first-order valence-corrected chi connectivity index (χ1v) is 13.6. The van der Waals surface area contributed by atoms with E-state index in [2.05, 4.69) is 13.8 Å². The molecule has 0 spiro atoms. The highest BCUT2D eigenvalue weighted by molar-refractivity contribution is 5.75. The van der Waals surface area contributed by atoms with E-state index in [1.807, 2.05) is 18.2 Å². The maximum absolute atomic E-state index is 15.2. The van der Waals surface area contributed by atoms with E-state index in [1.165, 1.54) is 57.4 Å². The van der Waals surface area contributed by atoms with Crippen LogP contribution in [0.4, 0.5) is 8.78 Å². The predicted molar refractivity (Wildman–Crippen MR) is 137 cm³/mol.